The van der Waals surface area contributed by atoms with Gasteiger partial charge in [-0.3, -0.25) is 0 Å². The van der Waals surface area contributed by atoms with Crippen molar-refractivity contribution in [3.63, 3.8) is 0 Å². The van der Waals surface area contributed by atoms with Gasteiger partial charge >= 0.3 is 0 Å². The van der Waals surface area contributed by atoms with Gasteiger partial charge in [-0.2, -0.15) is 0 Å². The van der Waals surface area contributed by atoms with Crippen LogP contribution in [0.5, 0.6) is 0 Å². The fourth-order valence-electron chi connectivity index (χ4n) is 2.13. The molecule has 1 rings (SSSR count). The summed E-state index contributed by atoms with van der Waals surface area (Å²) >= 11 is 0. The van der Waals surface area contributed by atoms with Crippen LogP contribution in [0.3, 0.4) is 0 Å². The number of hydrogen-bond donors (Lipinski definition) is 0. The fraction of sp³-hybridized carbons (Fsp3) is 0.556. The molecule has 1 heteroatoms. The van der Waals surface area contributed by atoms with Crippen molar-refractivity contribution in [2.45, 2.75) is 53.9 Å². The Morgan fingerprint density at radius 2 is 1.89 bits per heavy atom. The van der Waals surface area contributed by atoms with E-state index in [2.05, 4.69) is 57.5 Å². The minimum atomic E-state index is 1.08. The van der Waals surface area contributed by atoms with Gasteiger partial charge in [-0.05, 0) is 50.3 Å². The second-order valence-corrected chi connectivity index (χ2v) is 4.73. The lowest BCUT2D eigenvalue weighted by Gasteiger charge is -2.24. The zero-order valence-electron chi connectivity index (χ0n) is 13.7. The van der Waals surface area contributed by atoms with Crippen molar-refractivity contribution in [2.24, 2.45) is 0 Å². The van der Waals surface area contributed by atoms with Crippen molar-refractivity contribution in [1.82, 2.24) is 4.90 Å². The Morgan fingerprint density at radius 3 is 2.26 bits per heavy atom. The minimum absolute atomic E-state index is 1.08. The van der Waals surface area contributed by atoms with Gasteiger partial charge in [0.05, 0.1) is 0 Å². The molecule has 0 saturated heterocycles. The van der Waals surface area contributed by atoms with Gasteiger partial charge in [0.25, 0.3) is 0 Å². The van der Waals surface area contributed by atoms with E-state index in [1.54, 1.807) is 0 Å². The number of nitrogens with zero attached hydrogens (tertiary/aromatic N) is 1. The molecule has 0 aliphatic heterocycles. The molecular formula is C18H31N. The Kier molecular flexibility index (Phi) is 9.03. The van der Waals surface area contributed by atoms with Gasteiger partial charge in [-0.25, -0.2) is 0 Å². The first-order chi connectivity index (χ1) is 9.08. The largest absolute Gasteiger partial charge is 0.378 e. The second kappa shape index (κ2) is 9.66. The molecule has 0 saturated carbocycles. The lowest BCUT2D eigenvalue weighted by atomic mass is 9.92. The topological polar surface area (TPSA) is 3.24 Å². The smallest absolute Gasteiger partial charge is 0.0143 e. The first-order valence-corrected chi connectivity index (χ1v) is 7.55. The van der Waals surface area contributed by atoms with Crippen molar-refractivity contribution in [2.75, 3.05) is 13.6 Å². The molecule has 1 aliphatic rings. The van der Waals surface area contributed by atoms with Crippen LogP contribution >= 0.6 is 0 Å². The summed E-state index contributed by atoms with van der Waals surface area (Å²) in [5.74, 6) is 0. The molecule has 0 atom stereocenters. The van der Waals surface area contributed by atoms with Gasteiger partial charge in [-0.1, -0.05) is 45.1 Å². The molecule has 0 heterocycles. The molecule has 0 radical (unpaired) electrons. The van der Waals surface area contributed by atoms with Crippen LogP contribution < -0.4 is 0 Å². The highest BCUT2D eigenvalue weighted by Gasteiger charge is 2.11. The molecule has 0 aromatic rings. The van der Waals surface area contributed by atoms with E-state index in [9.17, 15) is 0 Å². The third-order valence-electron chi connectivity index (χ3n) is 3.31. The molecular weight excluding hydrogens is 230 g/mol. The Morgan fingerprint density at radius 1 is 1.26 bits per heavy atom. The maximum atomic E-state index is 3.97. The highest BCUT2D eigenvalue weighted by atomic mass is 15.1. The molecule has 0 aromatic carbocycles. The highest BCUT2D eigenvalue weighted by Crippen LogP contribution is 2.27. The first kappa shape index (κ1) is 17.8. The summed E-state index contributed by atoms with van der Waals surface area (Å²) < 4.78 is 0. The summed E-state index contributed by atoms with van der Waals surface area (Å²) in [6, 6.07) is 0. The molecule has 0 fully saturated rings. The van der Waals surface area contributed by atoms with Crippen molar-refractivity contribution in [1.29, 1.82) is 0 Å². The first-order valence-electron chi connectivity index (χ1n) is 7.55. The third-order valence-corrected chi connectivity index (χ3v) is 3.31. The average Bonchev–Trinajstić information content (AvgIpc) is 2.46. The third kappa shape index (κ3) is 5.96. The quantitative estimate of drug-likeness (QED) is 0.592. The van der Waals surface area contributed by atoms with Gasteiger partial charge in [0, 0.05) is 19.3 Å². The van der Waals surface area contributed by atoms with Gasteiger partial charge < -0.3 is 4.90 Å². The number of rotatable bonds is 5. The van der Waals surface area contributed by atoms with Gasteiger partial charge in [0.15, 0.2) is 0 Å². The fourth-order valence-corrected chi connectivity index (χ4v) is 2.13. The second-order valence-electron chi connectivity index (χ2n) is 4.73. The maximum Gasteiger partial charge on any atom is 0.0143 e. The Balaban J connectivity index is 0.00000154. The van der Waals surface area contributed by atoms with E-state index >= 15 is 0 Å². The molecule has 0 aromatic heterocycles. The summed E-state index contributed by atoms with van der Waals surface area (Å²) in [4.78, 5) is 2.32. The van der Waals surface area contributed by atoms with E-state index < -0.39 is 0 Å². The van der Waals surface area contributed by atoms with Crippen LogP contribution in [-0.4, -0.2) is 18.5 Å². The Hall–Kier alpha value is -1.24. The lowest BCUT2D eigenvalue weighted by Crippen LogP contribution is -2.18. The van der Waals surface area contributed by atoms with Crippen LogP contribution in [-0.2, 0) is 0 Å². The van der Waals surface area contributed by atoms with Crippen LogP contribution in [0.2, 0.25) is 0 Å². The van der Waals surface area contributed by atoms with Crippen LogP contribution in [0, 0.1) is 0 Å². The van der Waals surface area contributed by atoms with Crippen molar-refractivity contribution in [3.05, 3.63) is 47.2 Å². The van der Waals surface area contributed by atoms with E-state index in [0.29, 0.717) is 0 Å². The predicted molar refractivity (Wildman–Crippen MR) is 88.2 cm³/mol. The lowest BCUT2D eigenvalue weighted by molar-refractivity contribution is 0.421. The molecule has 0 unspecified atom stereocenters. The normalized spacial score (nSPS) is 14.9. The van der Waals surface area contributed by atoms with Crippen LogP contribution in [0.1, 0.15) is 53.9 Å². The molecule has 108 valence electrons. The molecule has 0 spiro atoms. The summed E-state index contributed by atoms with van der Waals surface area (Å²) in [7, 11) is 2.16. The van der Waals surface area contributed by atoms with Gasteiger partial charge in [-0.15, -0.1) is 0 Å². The zero-order valence-corrected chi connectivity index (χ0v) is 13.7. The van der Waals surface area contributed by atoms with E-state index in [1.807, 2.05) is 13.8 Å². The molecule has 0 bridgehead atoms. The average molecular weight is 261 g/mol. The van der Waals surface area contributed by atoms with Crippen molar-refractivity contribution in [3.8, 4) is 0 Å². The monoisotopic (exact) mass is 261 g/mol. The van der Waals surface area contributed by atoms with E-state index in [1.165, 1.54) is 16.8 Å². The minimum Gasteiger partial charge on any atom is -0.378 e. The molecule has 1 aliphatic carbocycles. The van der Waals surface area contributed by atoms with Crippen molar-refractivity contribution < 1.29 is 0 Å². The zero-order chi connectivity index (χ0) is 14.8. The molecule has 19 heavy (non-hydrogen) atoms. The van der Waals surface area contributed by atoms with Crippen molar-refractivity contribution >= 4 is 0 Å². The predicted octanol–water partition coefficient (Wildman–Crippen LogP) is 5.48. The van der Waals surface area contributed by atoms with Crippen LogP contribution in [0.15, 0.2) is 47.2 Å². The van der Waals surface area contributed by atoms with E-state index in [-0.39, 0.29) is 0 Å². The summed E-state index contributed by atoms with van der Waals surface area (Å²) in [5, 5.41) is 0. The summed E-state index contributed by atoms with van der Waals surface area (Å²) in [6.45, 7) is 15.5. The summed E-state index contributed by atoms with van der Waals surface area (Å²) in [5.41, 5.74) is 5.50. The Bertz CT molecular complexity index is 369. The standard InChI is InChI=1S/C16H25N.C2H6/c1-6-14(12-13(3)4)15-8-10-16(11-9-15)17(5)7-2;1-2/h8,10,12H,3,6-7,9,11H2,1-2,4-5H3;1-2H3/b14-12+;. The summed E-state index contributed by atoms with van der Waals surface area (Å²) in [6.07, 6.45) is 10.2. The van der Waals surface area contributed by atoms with Crippen LogP contribution in [0.25, 0.3) is 0 Å². The van der Waals surface area contributed by atoms with E-state index in [4.69, 9.17) is 0 Å². The van der Waals surface area contributed by atoms with Crippen LogP contribution in [0.4, 0.5) is 0 Å². The molecule has 0 amide bonds. The highest BCUT2D eigenvalue weighted by molar-refractivity contribution is 5.40. The van der Waals surface area contributed by atoms with E-state index in [0.717, 1.165) is 31.4 Å². The van der Waals surface area contributed by atoms with Gasteiger partial charge in [0.1, 0.15) is 0 Å². The molecule has 1 nitrogen and oxygen atoms in total. The van der Waals surface area contributed by atoms with Gasteiger partial charge in [0.2, 0.25) is 0 Å². The maximum absolute atomic E-state index is 3.97. The SMILES string of the molecule is C=C(C)/C=C(\CC)C1=CC=C(N(C)CC)CC1.CC. The number of hydrogen-bond acceptors (Lipinski definition) is 1. The number of allylic oxidation sites excluding steroid dienone is 7. The Labute approximate surface area is 120 Å². The molecule has 0 N–H and O–H groups in total.